The Morgan fingerprint density at radius 1 is 0.862 bits per heavy atom. The summed E-state index contributed by atoms with van der Waals surface area (Å²) in [5, 5.41) is 23.3. The van der Waals surface area contributed by atoms with Crippen LogP contribution in [0.5, 0.6) is 0 Å². The lowest BCUT2D eigenvalue weighted by molar-refractivity contribution is -0.0470. The van der Waals surface area contributed by atoms with Crippen LogP contribution in [-0.4, -0.2) is 109 Å². The first-order valence-electron chi connectivity index (χ1n) is 20.7. The molecule has 6 atom stereocenters. The standard InChI is InChI=1S/C41H68N8O6Si3/c1-39(2,3)56(10,11)52-25-30-33(54-57(12,13)40(4,5)6)34(55-58(14,15)41(7,8)9)37(53-30)48-26-42-31-35(43-28-21-22-51-24-28)44-38(45-36(31)48)49-23-29(46-47-49)32(50)27-19-17-16-18-20-27/h16-20,23,26,28,30,32-34,37,50H,21-22,24-25H2,1-15H3,(H,43,44,45)/t28?,30-,32?,33-,34-,37-/m1/s1. The van der Waals surface area contributed by atoms with Crippen LogP contribution in [0, 0.1) is 0 Å². The summed E-state index contributed by atoms with van der Waals surface area (Å²) < 4.78 is 38.2. The first-order chi connectivity index (χ1) is 26.8. The summed E-state index contributed by atoms with van der Waals surface area (Å²) in [6, 6.07) is 9.42. The average Bonchev–Trinajstić information content (AvgIpc) is 3.94. The molecule has 17 heteroatoms. The number of hydrogen-bond donors (Lipinski definition) is 2. The molecule has 3 aromatic heterocycles. The van der Waals surface area contributed by atoms with Crippen LogP contribution in [-0.2, 0) is 22.8 Å². The molecule has 0 bridgehead atoms. The summed E-state index contributed by atoms with van der Waals surface area (Å²) in [6.07, 6.45) is 1.29. The predicted octanol–water partition coefficient (Wildman–Crippen LogP) is 8.39. The molecule has 58 heavy (non-hydrogen) atoms. The van der Waals surface area contributed by atoms with E-state index in [1.54, 1.807) is 12.5 Å². The molecule has 0 saturated carbocycles. The Balaban J connectivity index is 1.49. The number of aliphatic hydroxyl groups excluding tert-OH is 1. The maximum atomic E-state index is 11.2. The fourth-order valence-electron chi connectivity index (χ4n) is 6.32. The van der Waals surface area contributed by atoms with Crippen molar-refractivity contribution in [3.63, 3.8) is 0 Å². The van der Waals surface area contributed by atoms with Gasteiger partial charge in [0.15, 0.2) is 48.2 Å². The molecule has 2 unspecified atom stereocenters. The van der Waals surface area contributed by atoms with E-state index in [-0.39, 0.29) is 27.1 Å². The third kappa shape index (κ3) is 9.22. The number of hydrogen-bond acceptors (Lipinski definition) is 12. The van der Waals surface area contributed by atoms with Crippen molar-refractivity contribution in [3.05, 3.63) is 54.1 Å². The molecule has 14 nitrogen and oxygen atoms in total. The predicted molar refractivity (Wildman–Crippen MR) is 235 cm³/mol. The Bertz CT molecular complexity index is 2020. The minimum absolute atomic E-state index is 0.0117. The molecule has 0 amide bonds. The number of ether oxygens (including phenoxy) is 2. The van der Waals surface area contributed by atoms with E-state index in [1.807, 2.05) is 34.9 Å². The van der Waals surface area contributed by atoms with Gasteiger partial charge in [0.1, 0.15) is 30.1 Å². The molecule has 2 saturated heterocycles. The molecule has 4 aromatic rings. The monoisotopic (exact) mass is 852 g/mol. The largest absolute Gasteiger partial charge is 0.414 e. The van der Waals surface area contributed by atoms with Crippen LogP contribution in [0.1, 0.15) is 92.3 Å². The Hall–Kier alpha value is -2.88. The van der Waals surface area contributed by atoms with Crippen LogP contribution in [0.15, 0.2) is 42.9 Å². The van der Waals surface area contributed by atoms with Crippen LogP contribution in [0.3, 0.4) is 0 Å². The third-order valence-corrected chi connectivity index (χ3v) is 26.7. The van der Waals surface area contributed by atoms with E-state index in [1.165, 1.54) is 4.68 Å². The van der Waals surface area contributed by atoms with Crippen LogP contribution in [0.4, 0.5) is 5.82 Å². The summed E-state index contributed by atoms with van der Waals surface area (Å²) in [5.41, 5.74) is 2.20. The number of nitrogens with one attached hydrogen (secondary N) is 1. The minimum atomic E-state index is -2.42. The van der Waals surface area contributed by atoms with Crippen LogP contribution in [0.2, 0.25) is 54.4 Å². The first kappa shape index (κ1) is 44.7. The van der Waals surface area contributed by atoms with E-state index in [9.17, 15) is 5.11 Å². The molecule has 2 aliphatic rings. The molecular weight excluding hydrogens is 785 g/mol. The quantitative estimate of drug-likeness (QED) is 0.124. The summed E-state index contributed by atoms with van der Waals surface area (Å²) in [7, 11) is -6.97. The molecule has 5 heterocycles. The van der Waals surface area contributed by atoms with E-state index in [4.69, 9.17) is 37.7 Å². The van der Waals surface area contributed by atoms with Crippen LogP contribution < -0.4 is 5.32 Å². The number of fused-ring (bicyclic) bond motifs is 1. The van der Waals surface area contributed by atoms with Gasteiger partial charge in [-0.2, -0.15) is 14.6 Å². The number of benzene rings is 1. The highest BCUT2D eigenvalue weighted by Crippen LogP contribution is 2.47. The van der Waals surface area contributed by atoms with Crippen molar-refractivity contribution in [2.45, 2.75) is 160 Å². The summed E-state index contributed by atoms with van der Waals surface area (Å²) in [6.45, 7) is 35.5. The molecule has 0 radical (unpaired) electrons. The van der Waals surface area contributed by atoms with Crippen molar-refractivity contribution >= 4 is 41.9 Å². The van der Waals surface area contributed by atoms with Gasteiger partial charge < -0.3 is 33.2 Å². The van der Waals surface area contributed by atoms with E-state index < -0.39 is 55.6 Å². The van der Waals surface area contributed by atoms with Gasteiger partial charge in [-0.1, -0.05) is 97.9 Å². The zero-order valence-electron chi connectivity index (χ0n) is 37.5. The normalized spacial score (nSPS) is 23.2. The number of anilines is 1. The minimum Gasteiger partial charge on any atom is -0.414 e. The van der Waals surface area contributed by atoms with Gasteiger partial charge in [0, 0.05) is 6.61 Å². The fourth-order valence-corrected chi connectivity index (χ4v) is 9.94. The van der Waals surface area contributed by atoms with Gasteiger partial charge in [-0.3, -0.25) is 4.57 Å². The lowest BCUT2D eigenvalue weighted by atomic mass is 10.1. The Morgan fingerprint density at radius 2 is 1.48 bits per heavy atom. The second-order valence-corrected chi connectivity index (χ2v) is 34.9. The number of imidazole rings is 1. The lowest BCUT2D eigenvalue weighted by Gasteiger charge is -2.44. The highest BCUT2D eigenvalue weighted by molar-refractivity contribution is 6.75. The third-order valence-electron chi connectivity index (χ3n) is 13.2. The van der Waals surface area contributed by atoms with Gasteiger partial charge in [-0.15, -0.1) is 5.10 Å². The van der Waals surface area contributed by atoms with Gasteiger partial charge in [0.25, 0.3) is 5.95 Å². The Labute approximate surface area is 348 Å². The molecule has 1 aromatic carbocycles. The second kappa shape index (κ2) is 16.2. The van der Waals surface area contributed by atoms with Crippen molar-refractivity contribution in [1.29, 1.82) is 0 Å². The molecule has 6 rings (SSSR count). The van der Waals surface area contributed by atoms with E-state index in [0.29, 0.717) is 48.1 Å². The van der Waals surface area contributed by atoms with Gasteiger partial charge in [-0.25, -0.2) is 4.98 Å². The lowest BCUT2D eigenvalue weighted by Crippen LogP contribution is -2.54. The number of aliphatic hydroxyl groups is 1. The number of aromatic nitrogens is 7. The van der Waals surface area contributed by atoms with Crippen molar-refractivity contribution in [3.8, 4) is 5.95 Å². The zero-order valence-corrected chi connectivity index (χ0v) is 40.5. The summed E-state index contributed by atoms with van der Waals surface area (Å²) in [4.78, 5) is 15.0. The summed E-state index contributed by atoms with van der Waals surface area (Å²) >= 11 is 0. The molecule has 2 fully saturated rings. The smallest absolute Gasteiger partial charge is 0.256 e. The van der Waals surface area contributed by atoms with Crippen molar-refractivity contribution in [2.75, 3.05) is 25.1 Å². The fraction of sp³-hybridized carbons (Fsp3) is 0.683. The molecule has 0 spiro atoms. The molecule has 320 valence electrons. The SMILES string of the molecule is CC(C)(C)[Si](C)(C)OC[C@H]1O[C@@H](n2cnc3c(NC4CCOC4)nc(-n4cc(C(O)c5ccccc5)nn4)nc32)[C@H](O[Si](C)(C)C(C)(C)C)[C@@H]1O[Si](C)(C)C(C)(C)C. The highest BCUT2D eigenvalue weighted by atomic mass is 28.4. The van der Waals surface area contributed by atoms with E-state index in [0.717, 1.165) is 6.42 Å². The van der Waals surface area contributed by atoms with Crippen LogP contribution in [0.25, 0.3) is 17.1 Å². The van der Waals surface area contributed by atoms with E-state index >= 15 is 0 Å². The molecule has 2 N–H and O–H groups in total. The van der Waals surface area contributed by atoms with Crippen molar-refractivity contribution in [1.82, 2.24) is 34.5 Å². The average molecular weight is 853 g/mol. The molecule has 0 aliphatic carbocycles. The van der Waals surface area contributed by atoms with Crippen molar-refractivity contribution in [2.24, 2.45) is 0 Å². The van der Waals surface area contributed by atoms with Crippen LogP contribution >= 0.6 is 0 Å². The zero-order chi connectivity index (χ0) is 42.6. The van der Waals surface area contributed by atoms with Crippen molar-refractivity contribution < 1.29 is 27.9 Å². The molecular formula is C41H68N8O6Si3. The van der Waals surface area contributed by atoms with E-state index in [2.05, 4.69) is 117 Å². The maximum Gasteiger partial charge on any atom is 0.256 e. The maximum absolute atomic E-state index is 11.2. The summed E-state index contributed by atoms with van der Waals surface area (Å²) in [5.74, 6) is 0.808. The van der Waals surface area contributed by atoms with Gasteiger partial charge in [0.05, 0.1) is 31.8 Å². The van der Waals surface area contributed by atoms with Gasteiger partial charge in [-0.05, 0) is 66.4 Å². The Morgan fingerprint density at radius 3 is 2.07 bits per heavy atom. The second-order valence-electron chi connectivity index (χ2n) is 20.6. The van der Waals surface area contributed by atoms with Gasteiger partial charge in [0.2, 0.25) is 0 Å². The first-order valence-corrected chi connectivity index (χ1v) is 29.4. The van der Waals surface area contributed by atoms with Gasteiger partial charge >= 0.3 is 0 Å². The molecule has 2 aliphatic heterocycles. The topological polar surface area (TPSA) is 153 Å². The highest BCUT2D eigenvalue weighted by Gasteiger charge is 2.55. The number of nitrogens with zero attached hydrogens (tertiary/aromatic N) is 7. The Kier molecular flexibility index (Phi) is 12.5. The number of rotatable bonds is 13.